The summed E-state index contributed by atoms with van der Waals surface area (Å²) in [4.78, 5) is 11.1. The zero-order valence-electron chi connectivity index (χ0n) is 10.7. The summed E-state index contributed by atoms with van der Waals surface area (Å²) in [7, 11) is 0. The summed E-state index contributed by atoms with van der Waals surface area (Å²) in [5, 5.41) is 12.2. The molecule has 0 aromatic carbocycles. The van der Waals surface area contributed by atoms with E-state index in [1.54, 1.807) is 6.92 Å². The third-order valence-electron chi connectivity index (χ3n) is 3.07. The molecule has 0 spiro atoms. The number of aliphatic carboxylic acids is 1. The summed E-state index contributed by atoms with van der Waals surface area (Å²) < 4.78 is 10.5. The average molecular weight is 245 g/mol. The molecule has 1 fully saturated rings. The zero-order chi connectivity index (χ0) is 12.7. The summed E-state index contributed by atoms with van der Waals surface area (Å²) in [6.07, 6.45) is 2.63. The molecule has 1 rings (SSSR count). The second-order valence-electron chi connectivity index (χ2n) is 4.65. The largest absolute Gasteiger partial charge is 0.480 e. The van der Waals surface area contributed by atoms with Crippen molar-refractivity contribution >= 4 is 5.97 Å². The second kappa shape index (κ2) is 6.93. The number of ether oxygens (including phenoxy) is 2. The SMILES string of the molecule is CCNC(C)(CCCCOC1COC1)C(=O)O. The van der Waals surface area contributed by atoms with Gasteiger partial charge >= 0.3 is 5.97 Å². The molecule has 1 unspecified atom stereocenters. The summed E-state index contributed by atoms with van der Waals surface area (Å²) in [6.45, 7) is 6.41. The molecule has 100 valence electrons. The highest BCUT2D eigenvalue weighted by atomic mass is 16.6. The molecule has 0 aromatic rings. The van der Waals surface area contributed by atoms with Crippen LogP contribution in [0, 0.1) is 0 Å². The molecule has 2 N–H and O–H groups in total. The lowest BCUT2D eigenvalue weighted by molar-refractivity contribution is -0.144. The molecule has 0 radical (unpaired) electrons. The maximum atomic E-state index is 11.1. The number of likely N-dealkylation sites (N-methyl/N-ethyl adjacent to an activating group) is 1. The van der Waals surface area contributed by atoms with Crippen molar-refractivity contribution in [2.45, 2.75) is 44.8 Å². The van der Waals surface area contributed by atoms with Gasteiger partial charge in [-0.2, -0.15) is 0 Å². The molecular weight excluding hydrogens is 222 g/mol. The van der Waals surface area contributed by atoms with Gasteiger partial charge in [0.15, 0.2) is 0 Å². The Morgan fingerprint density at radius 1 is 1.53 bits per heavy atom. The lowest BCUT2D eigenvalue weighted by atomic mass is 9.95. The molecule has 0 amide bonds. The van der Waals surface area contributed by atoms with Crippen LogP contribution in [0.25, 0.3) is 0 Å². The van der Waals surface area contributed by atoms with Gasteiger partial charge in [0, 0.05) is 6.61 Å². The molecule has 0 bridgehead atoms. The van der Waals surface area contributed by atoms with E-state index in [-0.39, 0.29) is 6.10 Å². The standard InChI is InChI=1S/C12H23NO4/c1-3-13-12(2,11(14)15)6-4-5-7-17-10-8-16-9-10/h10,13H,3-9H2,1-2H3,(H,14,15). The molecule has 0 aromatic heterocycles. The predicted octanol–water partition coefficient (Wildman–Crippen LogP) is 1.02. The van der Waals surface area contributed by atoms with Crippen LogP contribution in [0.3, 0.4) is 0 Å². The van der Waals surface area contributed by atoms with E-state index < -0.39 is 11.5 Å². The van der Waals surface area contributed by atoms with Crippen molar-refractivity contribution in [2.75, 3.05) is 26.4 Å². The van der Waals surface area contributed by atoms with Crippen LogP contribution in [0.5, 0.6) is 0 Å². The van der Waals surface area contributed by atoms with Crippen molar-refractivity contribution in [1.29, 1.82) is 0 Å². The molecule has 1 aliphatic heterocycles. The first kappa shape index (κ1) is 14.4. The normalized spacial score (nSPS) is 19.6. The first-order valence-corrected chi connectivity index (χ1v) is 6.26. The fraction of sp³-hybridized carbons (Fsp3) is 0.917. The molecule has 1 heterocycles. The highest BCUT2D eigenvalue weighted by molar-refractivity contribution is 5.78. The Balaban J connectivity index is 2.11. The van der Waals surface area contributed by atoms with Crippen LogP contribution < -0.4 is 5.32 Å². The molecule has 5 heteroatoms. The minimum Gasteiger partial charge on any atom is -0.480 e. The van der Waals surface area contributed by atoms with Crippen molar-refractivity contribution in [2.24, 2.45) is 0 Å². The molecule has 17 heavy (non-hydrogen) atoms. The van der Waals surface area contributed by atoms with E-state index in [2.05, 4.69) is 5.32 Å². The lowest BCUT2D eigenvalue weighted by Gasteiger charge is -2.27. The van der Waals surface area contributed by atoms with Crippen LogP contribution in [-0.2, 0) is 14.3 Å². The van der Waals surface area contributed by atoms with Gasteiger partial charge in [-0.3, -0.25) is 4.79 Å². The summed E-state index contributed by atoms with van der Waals surface area (Å²) in [5.74, 6) is -0.785. The van der Waals surface area contributed by atoms with Crippen LogP contribution in [0.15, 0.2) is 0 Å². The van der Waals surface area contributed by atoms with Crippen molar-refractivity contribution in [1.82, 2.24) is 5.32 Å². The Labute approximate surface area is 102 Å². The van der Waals surface area contributed by atoms with Gasteiger partial charge in [0.25, 0.3) is 0 Å². The molecule has 1 aliphatic rings. The fourth-order valence-electron chi connectivity index (χ4n) is 1.80. The van der Waals surface area contributed by atoms with E-state index in [0.717, 1.165) is 12.8 Å². The number of carbonyl (C=O) groups is 1. The first-order valence-electron chi connectivity index (χ1n) is 6.26. The number of hydrogen-bond acceptors (Lipinski definition) is 4. The van der Waals surface area contributed by atoms with Crippen molar-refractivity contribution < 1.29 is 19.4 Å². The third kappa shape index (κ3) is 4.61. The summed E-state index contributed by atoms with van der Waals surface area (Å²) >= 11 is 0. The molecule has 0 saturated carbocycles. The van der Waals surface area contributed by atoms with Gasteiger partial charge in [0.05, 0.1) is 13.2 Å². The van der Waals surface area contributed by atoms with Gasteiger partial charge in [-0.1, -0.05) is 6.92 Å². The van der Waals surface area contributed by atoms with Gasteiger partial charge in [-0.15, -0.1) is 0 Å². The Kier molecular flexibility index (Phi) is 5.88. The van der Waals surface area contributed by atoms with E-state index in [4.69, 9.17) is 14.6 Å². The van der Waals surface area contributed by atoms with Crippen LogP contribution >= 0.6 is 0 Å². The number of rotatable bonds is 9. The van der Waals surface area contributed by atoms with Gasteiger partial charge in [-0.25, -0.2) is 0 Å². The Morgan fingerprint density at radius 3 is 2.71 bits per heavy atom. The highest BCUT2D eigenvalue weighted by Gasteiger charge is 2.31. The molecule has 5 nitrogen and oxygen atoms in total. The molecular formula is C12H23NO4. The van der Waals surface area contributed by atoms with Gasteiger partial charge < -0.3 is 19.9 Å². The predicted molar refractivity (Wildman–Crippen MR) is 64.1 cm³/mol. The number of carboxylic acid groups (broad SMARTS) is 1. The topological polar surface area (TPSA) is 67.8 Å². The van der Waals surface area contributed by atoms with Crippen LogP contribution in [-0.4, -0.2) is 49.1 Å². The number of hydrogen-bond donors (Lipinski definition) is 2. The summed E-state index contributed by atoms with van der Waals surface area (Å²) in [6, 6.07) is 0. The minimum absolute atomic E-state index is 0.259. The number of nitrogens with one attached hydrogen (secondary N) is 1. The molecule has 1 atom stereocenters. The van der Waals surface area contributed by atoms with Crippen LogP contribution in [0.2, 0.25) is 0 Å². The van der Waals surface area contributed by atoms with E-state index >= 15 is 0 Å². The highest BCUT2D eigenvalue weighted by Crippen LogP contribution is 2.15. The van der Waals surface area contributed by atoms with Gasteiger partial charge in [-0.05, 0) is 32.7 Å². The second-order valence-corrected chi connectivity index (χ2v) is 4.65. The van der Waals surface area contributed by atoms with E-state index in [9.17, 15) is 4.79 Å². The van der Waals surface area contributed by atoms with E-state index in [1.807, 2.05) is 6.92 Å². The minimum atomic E-state index is -0.811. The summed E-state index contributed by atoms with van der Waals surface area (Å²) in [5.41, 5.74) is -0.811. The van der Waals surface area contributed by atoms with E-state index in [0.29, 0.717) is 32.8 Å². The Bertz CT molecular complexity index is 243. The Morgan fingerprint density at radius 2 is 2.24 bits per heavy atom. The Hall–Kier alpha value is -0.650. The van der Waals surface area contributed by atoms with Crippen molar-refractivity contribution in [3.8, 4) is 0 Å². The monoisotopic (exact) mass is 245 g/mol. The van der Waals surface area contributed by atoms with Crippen LogP contribution in [0.4, 0.5) is 0 Å². The van der Waals surface area contributed by atoms with E-state index in [1.165, 1.54) is 0 Å². The number of unbranched alkanes of at least 4 members (excludes halogenated alkanes) is 1. The van der Waals surface area contributed by atoms with Crippen molar-refractivity contribution in [3.05, 3.63) is 0 Å². The maximum Gasteiger partial charge on any atom is 0.323 e. The van der Waals surface area contributed by atoms with Gasteiger partial charge in [0.1, 0.15) is 11.6 Å². The smallest absolute Gasteiger partial charge is 0.323 e. The molecule has 1 saturated heterocycles. The fourth-order valence-corrected chi connectivity index (χ4v) is 1.80. The molecule has 0 aliphatic carbocycles. The number of carboxylic acids is 1. The lowest BCUT2D eigenvalue weighted by Crippen LogP contribution is -2.49. The maximum absolute atomic E-state index is 11.1. The van der Waals surface area contributed by atoms with Crippen molar-refractivity contribution in [3.63, 3.8) is 0 Å². The first-order chi connectivity index (χ1) is 8.08. The third-order valence-corrected chi connectivity index (χ3v) is 3.07. The van der Waals surface area contributed by atoms with Crippen LogP contribution in [0.1, 0.15) is 33.1 Å². The quantitative estimate of drug-likeness (QED) is 0.594. The van der Waals surface area contributed by atoms with Gasteiger partial charge in [0.2, 0.25) is 0 Å². The average Bonchev–Trinajstić information content (AvgIpc) is 2.20. The zero-order valence-corrected chi connectivity index (χ0v) is 10.7.